The molecule has 0 aromatic heterocycles. The molecule has 2 rings (SSSR count). The molecule has 0 bridgehead atoms. The highest BCUT2D eigenvalue weighted by Crippen LogP contribution is 2.19. The van der Waals surface area contributed by atoms with Gasteiger partial charge in [-0.1, -0.05) is 0 Å². The summed E-state index contributed by atoms with van der Waals surface area (Å²) in [6, 6.07) is 4.41. The van der Waals surface area contributed by atoms with E-state index in [1.807, 2.05) is 0 Å². The number of anilines is 1. The van der Waals surface area contributed by atoms with Crippen molar-refractivity contribution in [3.63, 3.8) is 0 Å². The van der Waals surface area contributed by atoms with E-state index in [1.54, 1.807) is 13.0 Å². The van der Waals surface area contributed by atoms with Crippen LogP contribution >= 0.6 is 0 Å². The number of amides is 1. The molecule has 3 N–H and O–H groups in total. The highest BCUT2D eigenvalue weighted by molar-refractivity contribution is 5.98. The molecular weight excluding hydrogens is 223 g/mol. The summed E-state index contributed by atoms with van der Waals surface area (Å²) in [6.07, 6.45) is 0.499. The lowest BCUT2D eigenvalue weighted by molar-refractivity contribution is -0.121. The quantitative estimate of drug-likeness (QED) is 0.813. The third-order valence-electron chi connectivity index (χ3n) is 2.92. The van der Waals surface area contributed by atoms with E-state index >= 15 is 0 Å². The second kappa shape index (κ2) is 4.43. The lowest BCUT2D eigenvalue weighted by Gasteiger charge is -2.20. The van der Waals surface area contributed by atoms with Crippen LogP contribution in [0, 0.1) is 12.7 Å². The summed E-state index contributed by atoms with van der Waals surface area (Å²) in [7, 11) is 0. The Balaban J connectivity index is 2.10. The Morgan fingerprint density at radius 2 is 2.35 bits per heavy atom. The first kappa shape index (κ1) is 12.0. The molecule has 0 saturated carbocycles. The van der Waals surface area contributed by atoms with Crippen LogP contribution in [0.25, 0.3) is 0 Å². The molecule has 92 valence electrons. The van der Waals surface area contributed by atoms with Crippen LogP contribution in [0.15, 0.2) is 18.2 Å². The minimum absolute atomic E-state index is 0.221. The topological polar surface area (TPSA) is 64.4 Å². The van der Waals surface area contributed by atoms with Gasteiger partial charge in [-0.2, -0.15) is 0 Å². The van der Waals surface area contributed by atoms with Crippen molar-refractivity contribution in [3.8, 4) is 0 Å². The van der Waals surface area contributed by atoms with Crippen molar-refractivity contribution in [2.75, 3.05) is 18.5 Å². The monoisotopic (exact) mass is 238 g/mol. The standard InChI is InChI=1S/C12H15FN2O2/c1-8-6-9(2-3-10(8)13)15-11(16)12(14)4-5-17-7-12/h2-3,6H,4-5,7,14H2,1H3,(H,15,16). The van der Waals surface area contributed by atoms with Gasteiger partial charge in [0.1, 0.15) is 11.4 Å². The molecule has 1 saturated heterocycles. The molecular formula is C12H15FN2O2. The summed E-state index contributed by atoms with van der Waals surface area (Å²) in [6.45, 7) is 2.35. The fourth-order valence-electron chi connectivity index (χ4n) is 1.74. The largest absolute Gasteiger partial charge is 0.379 e. The molecule has 1 aliphatic heterocycles. The molecule has 1 heterocycles. The zero-order valence-corrected chi connectivity index (χ0v) is 9.63. The van der Waals surface area contributed by atoms with Crippen LogP contribution in [0.1, 0.15) is 12.0 Å². The first-order valence-corrected chi connectivity index (χ1v) is 5.45. The molecule has 0 radical (unpaired) electrons. The SMILES string of the molecule is Cc1cc(NC(=O)C2(N)CCOC2)ccc1F. The second-order valence-corrected chi connectivity index (χ2v) is 4.38. The number of hydrogen-bond donors (Lipinski definition) is 2. The number of nitrogens with one attached hydrogen (secondary N) is 1. The number of hydrogen-bond acceptors (Lipinski definition) is 3. The first-order valence-electron chi connectivity index (χ1n) is 5.45. The number of benzene rings is 1. The van der Waals surface area contributed by atoms with Gasteiger partial charge in [-0.25, -0.2) is 4.39 Å². The molecule has 5 heteroatoms. The van der Waals surface area contributed by atoms with Gasteiger partial charge in [0.2, 0.25) is 5.91 Å². The van der Waals surface area contributed by atoms with Gasteiger partial charge in [-0.3, -0.25) is 4.79 Å². The van der Waals surface area contributed by atoms with Crippen molar-refractivity contribution in [2.24, 2.45) is 5.73 Å². The van der Waals surface area contributed by atoms with E-state index in [0.717, 1.165) is 0 Å². The Bertz CT molecular complexity index is 442. The van der Waals surface area contributed by atoms with Crippen LogP contribution in [-0.2, 0) is 9.53 Å². The van der Waals surface area contributed by atoms with Gasteiger partial charge < -0.3 is 15.8 Å². The second-order valence-electron chi connectivity index (χ2n) is 4.38. The van der Waals surface area contributed by atoms with Crippen molar-refractivity contribution < 1.29 is 13.9 Å². The average molecular weight is 238 g/mol. The predicted octanol–water partition coefficient (Wildman–Crippen LogP) is 1.19. The van der Waals surface area contributed by atoms with Gasteiger partial charge in [0, 0.05) is 12.3 Å². The lowest BCUT2D eigenvalue weighted by Crippen LogP contribution is -2.51. The fraction of sp³-hybridized carbons (Fsp3) is 0.417. The number of halogens is 1. The van der Waals surface area contributed by atoms with Gasteiger partial charge >= 0.3 is 0 Å². The Morgan fingerprint density at radius 1 is 1.59 bits per heavy atom. The molecule has 1 amide bonds. The maximum absolute atomic E-state index is 13.1. The van der Waals surface area contributed by atoms with Gasteiger partial charge in [0.25, 0.3) is 0 Å². The molecule has 1 atom stereocenters. The molecule has 1 fully saturated rings. The third kappa shape index (κ3) is 2.45. The molecule has 1 unspecified atom stereocenters. The van der Waals surface area contributed by atoms with Crippen LogP contribution in [-0.4, -0.2) is 24.7 Å². The van der Waals surface area contributed by atoms with Gasteiger partial charge in [0.05, 0.1) is 6.61 Å². The van der Waals surface area contributed by atoms with E-state index in [0.29, 0.717) is 24.3 Å². The maximum atomic E-state index is 13.1. The minimum Gasteiger partial charge on any atom is -0.379 e. The van der Waals surface area contributed by atoms with Crippen molar-refractivity contribution in [1.82, 2.24) is 0 Å². The highest BCUT2D eigenvalue weighted by Gasteiger charge is 2.38. The van der Waals surface area contributed by atoms with Crippen LogP contribution in [0.2, 0.25) is 0 Å². The summed E-state index contributed by atoms with van der Waals surface area (Å²) in [5.74, 6) is -0.587. The van der Waals surface area contributed by atoms with Crippen LogP contribution in [0.3, 0.4) is 0 Å². The van der Waals surface area contributed by atoms with Gasteiger partial charge in [-0.15, -0.1) is 0 Å². The summed E-state index contributed by atoms with van der Waals surface area (Å²) in [4.78, 5) is 11.9. The van der Waals surface area contributed by atoms with E-state index in [2.05, 4.69) is 5.32 Å². The number of carbonyl (C=O) groups is 1. The number of aryl methyl sites for hydroxylation is 1. The zero-order valence-electron chi connectivity index (χ0n) is 9.63. The van der Waals surface area contributed by atoms with Gasteiger partial charge in [0.15, 0.2) is 0 Å². The predicted molar refractivity (Wildman–Crippen MR) is 62.1 cm³/mol. The van der Waals surface area contributed by atoms with Crippen LogP contribution < -0.4 is 11.1 Å². The average Bonchev–Trinajstić information content (AvgIpc) is 2.72. The van der Waals surface area contributed by atoms with Crippen molar-refractivity contribution in [2.45, 2.75) is 18.9 Å². The summed E-state index contributed by atoms with van der Waals surface area (Å²) >= 11 is 0. The van der Waals surface area contributed by atoms with E-state index in [9.17, 15) is 9.18 Å². The maximum Gasteiger partial charge on any atom is 0.246 e. The Hall–Kier alpha value is -1.46. The van der Waals surface area contributed by atoms with E-state index < -0.39 is 5.54 Å². The summed E-state index contributed by atoms with van der Waals surface area (Å²) in [5, 5.41) is 2.68. The minimum atomic E-state index is -0.970. The van der Waals surface area contributed by atoms with Crippen molar-refractivity contribution in [1.29, 1.82) is 0 Å². The van der Waals surface area contributed by atoms with Gasteiger partial charge in [-0.05, 0) is 37.1 Å². The molecule has 1 aromatic rings. The number of carbonyl (C=O) groups excluding carboxylic acids is 1. The molecule has 0 spiro atoms. The summed E-state index contributed by atoms with van der Waals surface area (Å²) < 4.78 is 18.2. The molecule has 4 nitrogen and oxygen atoms in total. The molecule has 17 heavy (non-hydrogen) atoms. The fourth-order valence-corrected chi connectivity index (χ4v) is 1.74. The highest BCUT2D eigenvalue weighted by atomic mass is 19.1. The number of ether oxygens (including phenoxy) is 1. The Morgan fingerprint density at radius 3 is 2.94 bits per heavy atom. The van der Waals surface area contributed by atoms with Crippen molar-refractivity contribution in [3.05, 3.63) is 29.6 Å². The number of nitrogens with two attached hydrogens (primary N) is 1. The van der Waals surface area contributed by atoms with Crippen LogP contribution in [0.4, 0.5) is 10.1 Å². The van der Waals surface area contributed by atoms with Crippen LogP contribution in [0.5, 0.6) is 0 Å². The normalized spacial score (nSPS) is 23.7. The van der Waals surface area contributed by atoms with E-state index in [1.165, 1.54) is 12.1 Å². The first-order chi connectivity index (χ1) is 8.01. The summed E-state index contributed by atoms with van der Waals surface area (Å²) in [5.41, 5.74) is 5.97. The molecule has 0 aliphatic carbocycles. The smallest absolute Gasteiger partial charge is 0.246 e. The lowest BCUT2D eigenvalue weighted by atomic mass is 9.99. The number of rotatable bonds is 2. The third-order valence-corrected chi connectivity index (χ3v) is 2.92. The van der Waals surface area contributed by atoms with E-state index in [4.69, 9.17) is 10.5 Å². The van der Waals surface area contributed by atoms with Crippen molar-refractivity contribution >= 4 is 11.6 Å². The molecule has 1 aliphatic rings. The Labute approximate surface area is 98.9 Å². The molecule has 1 aromatic carbocycles. The van der Waals surface area contributed by atoms with E-state index in [-0.39, 0.29) is 18.3 Å². The Kier molecular flexibility index (Phi) is 3.13. The zero-order chi connectivity index (χ0) is 12.5.